The van der Waals surface area contributed by atoms with E-state index in [0.717, 1.165) is 43.9 Å². The van der Waals surface area contributed by atoms with Crippen LogP contribution < -0.4 is 10.6 Å². The van der Waals surface area contributed by atoms with Gasteiger partial charge in [-0.25, -0.2) is 0 Å². The first kappa shape index (κ1) is 17.9. The van der Waals surface area contributed by atoms with Gasteiger partial charge in [0.1, 0.15) is 11.6 Å². The average molecular weight is 347 g/mol. The molecule has 0 bridgehead atoms. The molecule has 3 rings (SSSR count). The highest BCUT2D eigenvalue weighted by molar-refractivity contribution is 5.84. The van der Waals surface area contributed by atoms with Crippen molar-refractivity contribution < 1.29 is 9.59 Å². The van der Waals surface area contributed by atoms with Crippen LogP contribution in [-0.2, 0) is 29.0 Å². The van der Waals surface area contributed by atoms with Crippen LogP contribution in [0.2, 0.25) is 0 Å². The van der Waals surface area contributed by atoms with Gasteiger partial charge in [-0.1, -0.05) is 19.3 Å². The number of nitrogens with zero attached hydrogens (tertiary/aromatic N) is 3. The first-order valence-corrected chi connectivity index (χ1v) is 9.66. The number of carbonyl (C=O) groups is 2. The van der Waals surface area contributed by atoms with Crippen LogP contribution in [0.3, 0.4) is 0 Å². The predicted molar refractivity (Wildman–Crippen MR) is 93.9 cm³/mol. The molecule has 1 aromatic rings. The number of carbonyl (C=O) groups excluding carboxylic acids is 2. The van der Waals surface area contributed by atoms with Crippen LogP contribution in [0, 0.1) is 5.92 Å². The van der Waals surface area contributed by atoms with E-state index in [9.17, 15) is 9.59 Å². The molecule has 0 unspecified atom stereocenters. The Morgan fingerprint density at radius 1 is 1.00 bits per heavy atom. The molecule has 2 amide bonds. The highest BCUT2D eigenvalue weighted by atomic mass is 16.2. The van der Waals surface area contributed by atoms with Crippen LogP contribution in [0.5, 0.6) is 0 Å². The topological polar surface area (TPSA) is 88.9 Å². The molecule has 2 N–H and O–H groups in total. The summed E-state index contributed by atoms with van der Waals surface area (Å²) < 4.78 is 2.20. The minimum Gasteiger partial charge on any atom is -0.354 e. The molecule has 25 heavy (non-hydrogen) atoms. The lowest BCUT2D eigenvalue weighted by Crippen LogP contribution is -2.38. The summed E-state index contributed by atoms with van der Waals surface area (Å²) in [4.78, 5) is 23.7. The van der Waals surface area contributed by atoms with Gasteiger partial charge in [-0.05, 0) is 31.6 Å². The number of nitrogens with one attached hydrogen (secondary N) is 2. The van der Waals surface area contributed by atoms with Gasteiger partial charge in [-0.15, -0.1) is 10.2 Å². The molecule has 2 heterocycles. The average Bonchev–Trinajstić information content (AvgIpc) is 3.18. The number of hydrogen-bond acceptors (Lipinski definition) is 4. The van der Waals surface area contributed by atoms with E-state index >= 15 is 0 Å². The van der Waals surface area contributed by atoms with Gasteiger partial charge in [-0.2, -0.15) is 0 Å². The van der Waals surface area contributed by atoms with Crippen molar-refractivity contribution in [2.45, 2.75) is 70.8 Å². The van der Waals surface area contributed by atoms with Gasteiger partial charge >= 0.3 is 0 Å². The SMILES string of the molecule is O=C(CNC(=O)CC1CCCC1)NCCc1nnc2n1CCCCC2. The zero-order valence-corrected chi connectivity index (χ0v) is 14.9. The first-order chi connectivity index (χ1) is 12.2. The molecule has 1 fully saturated rings. The van der Waals surface area contributed by atoms with Crippen LogP contribution in [0.4, 0.5) is 0 Å². The second-order valence-corrected chi connectivity index (χ2v) is 7.23. The zero-order valence-electron chi connectivity index (χ0n) is 14.9. The first-order valence-electron chi connectivity index (χ1n) is 9.66. The lowest BCUT2D eigenvalue weighted by Gasteiger charge is -2.10. The number of aromatic nitrogens is 3. The van der Waals surface area contributed by atoms with Crippen molar-refractivity contribution in [3.05, 3.63) is 11.6 Å². The molecule has 0 aromatic carbocycles. The van der Waals surface area contributed by atoms with E-state index < -0.39 is 0 Å². The van der Waals surface area contributed by atoms with Gasteiger partial charge in [0.25, 0.3) is 0 Å². The molecule has 2 aliphatic rings. The fraction of sp³-hybridized carbons (Fsp3) is 0.778. The summed E-state index contributed by atoms with van der Waals surface area (Å²) in [5, 5.41) is 14.1. The number of rotatable bonds is 7. The normalized spacial score (nSPS) is 17.8. The number of aryl methyl sites for hydroxylation is 1. The van der Waals surface area contributed by atoms with Gasteiger partial charge in [0, 0.05) is 32.4 Å². The van der Waals surface area contributed by atoms with Gasteiger partial charge in [0.15, 0.2) is 0 Å². The Bertz CT molecular complexity index is 592. The predicted octanol–water partition coefficient (Wildman–Crippen LogP) is 1.36. The molecule has 0 radical (unpaired) electrons. The van der Waals surface area contributed by atoms with E-state index in [2.05, 4.69) is 25.4 Å². The third-order valence-corrected chi connectivity index (χ3v) is 5.25. The third-order valence-electron chi connectivity index (χ3n) is 5.25. The standard InChI is InChI=1S/C18H29N5O2/c24-17(12-14-6-3-4-7-14)20-13-18(25)19-10-9-16-22-21-15-8-2-1-5-11-23(15)16/h14H,1-13H2,(H,19,25)(H,20,24). The molecular weight excluding hydrogens is 318 g/mol. The van der Waals surface area contributed by atoms with Crippen molar-refractivity contribution in [1.29, 1.82) is 0 Å². The van der Waals surface area contributed by atoms with E-state index in [-0.39, 0.29) is 18.4 Å². The van der Waals surface area contributed by atoms with Crippen LogP contribution >= 0.6 is 0 Å². The van der Waals surface area contributed by atoms with E-state index in [0.29, 0.717) is 25.3 Å². The molecule has 1 aliphatic heterocycles. The Kier molecular flexibility index (Phi) is 6.42. The summed E-state index contributed by atoms with van der Waals surface area (Å²) in [5.41, 5.74) is 0. The molecule has 0 spiro atoms. The van der Waals surface area contributed by atoms with E-state index in [1.165, 1.54) is 25.7 Å². The molecule has 138 valence electrons. The van der Waals surface area contributed by atoms with Gasteiger partial charge in [0.05, 0.1) is 6.54 Å². The van der Waals surface area contributed by atoms with Crippen LogP contribution in [-0.4, -0.2) is 39.7 Å². The quantitative estimate of drug-likeness (QED) is 0.779. The van der Waals surface area contributed by atoms with Crippen molar-refractivity contribution in [3.8, 4) is 0 Å². The van der Waals surface area contributed by atoms with Crippen LogP contribution in [0.15, 0.2) is 0 Å². The zero-order chi connectivity index (χ0) is 17.5. The van der Waals surface area contributed by atoms with E-state index in [4.69, 9.17) is 0 Å². The molecule has 1 aromatic heterocycles. The third kappa shape index (κ3) is 5.28. The monoisotopic (exact) mass is 347 g/mol. The molecule has 1 saturated carbocycles. The maximum absolute atomic E-state index is 11.9. The van der Waals surface area contributed by atoms with Crippen molar-refractivity contribution in [2.24, 2.45) is 5.92 Å². The number of amides is 2. The highest BCUT2D eigenvalue weighted by Gasteiger charge is 2.19. The second kappa shape index (κ2) is 8.97. The Morgan fingerprint density at radius 3 is 2.68 bits per heavy atom. The Hall–Kier alpha value is -1.92. The van der Waals surface area contributed by atoms with Crippen molar-refractivity contribution in [2.75, 3.05) is 13.1 Å². The summed E-state index contributed by atoms with van der Waals surface area (Å²) in [6, 6.07) is 0. The summed E-state index contributed by atoms with van der Waals surface area (Å²) in [5.74, 6) is 2.37. The highest BCUT2D eigenvalue weighted by Crippen LogP contribution is 2.27. The largest absolute Gasteiger partial charge is 0.354 e. The van der Waals surface area contributed by atoms with Crippen molar-refractivity contribution in [1.82, 2.24) is 25.4 Å². The molecular formula is C18H29N5O2. The Morgan fingerprint density at radius 2 is 1.84 bits per heavy atom. The number of hydrogen-bond donors (Lipinski definition) is 2. The summed E-state index contributed by atoms with van der Waals surface area (Å²) >= 11 is 0. The molecule has 7 heteroatoms. The lowest BCUT2D eigenvalue weighted by molar-refractivity contribution is -0.126. The van der Waals surface area contributed by atoms with Gasteiger partial charge in [-0.3, -0.25) is 9.59 Å². The molecule has 7 nitrogen and oxygen atoms in total. The summed E-state index contributed by atoms with van der Waals surface area (Å²) in [6.45, 7) is 1.56. The van der Waals surface area contributed by atoms with Gasteiger partial charge < -0.3 is 15.2 Å². The molecule has 0 atom stereocenters. The van der Waals surface area contributed by atoms with E-state index in [1.807, 2.05) is 0 Å². The summed E-state index contributed by atoms with van der Waals surface area (Å²) in [6.07, 6.45) is 10.5. The Balaban J connectivity index is 1.34. The maximum atomic E-state index is 11.9. The van der Waals surface area contributed by atoms with Crippen molar-refractivity contribution >= 4 is 11.8 Å². The van der Waals surface area contributed by atoms with Crippen LogP contribution in [0.25, 0.3) is 0 Å². The number of fused-ring (bicyclic) bond motifs is 1. The van der Waals surface area contributed by atoms with Crippen molar-refractivity contribution in [3.63, 3.8) is 0 Å². The maximum Gasteiger partial charge on any atom is 0.239 e. The smallest absolute Gasteiger partial charge is 0.239 e. The molecule has 1 aliphatic carbocycles. The van der Waals surface area contributed by atoms with Crippen LogP contribution in [0.1, 0.15) is 63.0 Å². The second-order valence-electron chi connectivity index (χ2n) is 7.23. The molecule has 0 saturated heterocycles. The lowest BCUT2D eigenvalue weighted by atomic mass is 10.0. The van der Waals surface area contributed by atoms with E-state index in [1.54, 1.807) is 0 Å². The summed E-state index contributed by atoms with van der Waals surface area (Å²) in [7, 11) is 0. The minimum atomic E-state index is -0.143. The fourth-order valence-electron chi connectivity index (χ4n) is 3.83. The Labute approximate surface area is 149 Å². The minimum absolute atomic E-state index is 0.00942. The van der Waals surface area contributed by atoms with Gasteiger partial charge in [0.2, 0.25) is 11.8 Å². The fourth-order valence-corrected chi connectivity index (χ4v) is 3.83.